The Morgan fingerprint density at radius 2 is 2.00 bits per heavy atom. The van der Waals surface area contributed by atoms with Gasteiger partial charge in [-0.25, -0.2) is 0 Å². The van der Waals surface area contributed by atoms with Crippen LogP contribution in [0.4, 0.5) is 0 Å². The molecule has 0 saturated heterocycles. The molecule has 3 atom stereocenters. The number of benzene rings is 1. The molecule has 3 N–H and O–H groups in total. The molecule has 0 bridgehead atoms. The Kier molecular flexibility index (Phi) is 9.85. The number of hydrogen-bond acceptors (Lipinski definition) is 8. The number of carbonyl (C=O) groups is 4. The van der Waals surface area contributed by atoms with Gasteiger partial charge < -0.3 is 29.9 Å². The van der Waals surface area contributed by atoms with Gasteiger partial charge in [0.1, 0.15) is 18.5 Å². The fourth-order valence-corrected chi connectivity index (χ4v) is 4.85. The summed E-state index contributed by atoms with van der Waals surface area (Å²) in [5.74, 6) is -0.948. The van der Waals surface area contributed by atoms with Crippen molar-refractivity contribution < 1.29 is 38.9 Å². The maximum absolute atomic E-state index is 13.0. The molecule has 0 aromatic heterocycles. The maximum atomic E-state index is 13.0. The Hall–Kier alpha value is -2.51. The minimum Gasteiger partial charge on any atom is -0.493 e. The van der Waals surface area contributed by atoms with Gasteiger partial charge in [0.2, 0.25) is 11.7 Å². The first-order valence-corrected chi connectivity index (χ1v) is 12.9. The fourth-order valence-electron chi connectivity index (χ4n) is 4.10. The van der Waals surface area contributed by atoms with Gasteiger partial charge in [0, 0.05) is 37.1 Å². The van der Waals surface area contributed by atoms with E-state index in [1.165, 1.54) is 24.2 Å². The Morgan fingerprint density at radius 3 is 2.58 bits per heavy atom. The summed E-state index contributed by atoms with van der Waals surface area (Å²) >= 11 is 1.98. The number of rotatable bonds is 12. The Bertz CT molecular complexity index is 1040. The largest absolute Gasteiger partial charge is 0.493 e. The first kappa shape index (κ1) is 28.1. The molecule has 2 amide bonds. The molecule has 1 aromatic carbocycles. The van der Waals surface area contributed by atoms with Gasteiger partial charge in [0.15, 0.2) is 11.5 Å². The standard InChI is InChI=1S/C25H31IN2O8/c1-3-19(31)25(34)28(12-14-4-5-14)18-10-16(24(33)27-6-7-29)11-20(22(18)32)36-23-17(26)8-15(13-30)9-21(23)35-2/h8-9,11,13-14,18,20,22,29,32H,3-7,10,12H2,1-2H3,(H,27,33). The van der Waals surface area contributed by atoms with Crippen molar-refractivity contribution in [3.63, 3.8) is 0 Å². The van der Waals surface area contributed by atoms with Gasteiger partial charge in [-0.3, -0.25) is 19.2 Å². The van der Waals surface area contributed by atoms with Crippen molar-refractivity contribution in [3.8, 4) is 11.5 Å². The molecule has 1 fully saturated rings. The summed E-state index contributed by atoms with van der Waals surface area (Å²) in [5, 5.41) is 23.1. The number of halogens is 1. The lowest BCUT2D eigenvalue weighted by Gasteiger charge is -2.40. The third-order valence-electron chi connectivity index (χ3n) is 6.23. The van der Waals surface area contributed by atoms with Crippen molar-refractivity contribution >= 4 is 46.5 Å². The number of aldehydes is 1. The normalized spacial score (nSPS) is 21.2. The quantitative estimate of drug-likeness (QED) is 0.182. The molecule has 10 nitrogen and oxygen atoms in total. The maximum Gasteiger partial charge on any atom is 0.290 e. The number of ether oxygens (including phenoxy) is 2. The third-order valence-corrected chi connectivity index (χ3v) is 7.03. The smallest absolute Gasteiger partial charge is 0.290 e. The first-order valence-electron chi connectivity index (χ1n) is 11.8. The zero-order valence-electron chi connectivity index (χ0n) is 20.2. The summed E-state index contributed by atoms with van der Waals surface area (Å²) < 4.78 is 12.1. The number of methoxy groups -OCH3 is 1. The topological polar surface area (TPSA) is 142 Å². The van der Waals surface area contributed by atoms with Crippen molar-refractivity contribution in [1.82, 2.24) is 10.2 Å². The third kappa shape index (κ3) is 6.62. The molecule has 2 aliphatic rings. The number of nitrogens with one attached hydrogen (secondary N) is 1. The van der Waals surface area contributed by atoms with Crippen LogP contribution in [0.15, 0.2) is 23.8 Å². The molecule has 0 radical (unpaired) electrons. The van der Waals surface area contributed by atoms with Gasteiger partial charge in [-0.2, -0.15) is 0 Å². The molecule has 11 heteroatoms. The number of hydrogen-bond donors (Lipinski definition) is 3. The van der Waals surface area contributed by atoms with E-state index in [2.05, 4.69) is 5.32 Å². The van der Waals surface area contributed by atoms with Crippen molar-refractivity contribution in [1.29, 1.82) is 0 Å². The van der Waals surface area contributed by atoms with Crippen molar-refractivity contribution in [2.24, 2.45) is 5.92 Å². The molecule has 1 aromatic rings. The van der Waals surface area contributed by atoms with Crippen LogP contribution in [0.25, 0.3) is 0 Å². The van der Waals surface area contributed by atoms with Crippen LogP contribution >= 0.6 is 22.6 Å². The summed E-state index contributed by atoms with van der Waals surface area (Å²) in [5.41, 5.74) is 0.643. The van der Waals surface area contributed by atoms with E-state index in [4.69, 9.17) is 14.6 Å². The Labute approximate surface area is 223 Å². The summed E-state index contributed by atoms with van der Waals surface area (Å²) in [6.45, 7) is 1.69. The molecule has 3 rings (SSSR count). The molecule has 196 valence electrons. The Morgan fingerprint density at radius 1 is 1.28 bits per heavy atom. The molecular formula is C25H31IN2O8. The zero-order chi connectivity index (χ0) is 26.4. The average Bonchev–Trinajstić information content (AvgIpc) is 3.71. The van der Waals surface area contributed by atoms with Crippen molar-refractivity contribution in [2.45, 2.75) is 50.9 Å². The van der Waals surface area contributed by atoms with Gasteiger partial charge in [-0.1, -0.05) is 6.92 Å². The van der Waals surface area contributed by atoms with Gasteiger partial charge >= 0.3 is 0 Å². The van der Waals surface area contributed by atoms with E-state index in [-0.39, 0.29) is 49.0 Å². The van der Waals surface area contributed by atoms with Crippen LogP contribution in [0.3, 0.4) is 0 Å². The van der Waals surface area contributed by atoms with Gasteiger partial charge in [0.25, 0.3) is 5.91 Å². The van der Waals surface area contributed by atoms with E-state index in [9.17, 15) is 24.3 Å². The summed E-state index contributed by atoms with van der Waals surface area (Å²) in [4.78, 5) is 50.9. The van der Waals surface area contributed by atoms with Crippen LogP contribution in [0.5, 0.6) is 11.5 Å². The van der Waals surface area contributed by atoms with Crippen LogP contribution in [-0.2, 0) is 14.4 Å². The minimum absolute atomic E-state index is 0.0199. The van der Waals surface area contributed by atoms with Gasteiger partial charge in [-0.05, 0) is 59.6 Å². The van der Waals surface area contributed by atoms with Gasteiger partial charge in [0.05, 0.1) is 23.3 Å². The van der Waals surface area contributed by atoms with Crippen LogP contribution in [0.2, 0.25) is 0 Å². The number of ketones is 1. The highest BCUT2D eigenvalue weighted by Gasteiger charge is 2.43. The number of amides is 2. The highest BCUT2D eigenvalue weighted by Crippen LogP contribution is 2.38. The number of nitrogens with zero attached hydrogens (tertiary/aromatic N) is 1. The number of aliphatic hydroxyl groups excluding tert-OH is 2. The Balaban J connectivity index is 2.00. The number of Topliss-reactive ketones (excluding diaryl/α,β-unsaturated/α-hetero) is 1. The summed E-state index contributed by atoms with van der Waals surface area (Å²) in [6, 6.07) is 2.22. The highest BCUT2D eigenvalue weighted by atomic mass is 127. The van der Waals surface area contributed by atoms with Crippen molar-refractivity contribution in [3.05, 3.63) is 32.9 Å². The molecular weight excluding hydrogens is 583 g/mol. The van der Waals surface area contributed by atoms with E-state index >= 15 is 0 Å². The fraction of sp³-hybridized carbons (Fsp3) is 0.520. The van der Waals surface area contributed by atoms with E-state index in [1.807, 2.05) is 22.6 Å². The van der Waals surface area contributed by atoms with Crippen molar-refractivity contribution in [2.75, 3.05) is 26.8 Å². The molecule has 0 heterocycles. The van der Waals surface area contributed by atoms with E-state index in [1.54, 1.807) is 13.0 Å². The van der Waals surface area contributed by atoms with E-state index in [0.717, 1.165) is 12.8 Å². The summed E-state index contributed by atoms with van der Waals surface area (Å²) in [7, 11) is 1.42. The zero-order valence-corrected chi connectivity index (χ0v) is 22.4. The van der Waals surface area contributed by atoms with Crippen LogP contribution in [0, 0.1) is 9.49 Å². The predicted molar refractivity (Wildman–Crippen MR) is 138 cm³/mol. The lowest BCUT2D eigenvalue weighted by atomic mass is 9.87. The number of aliphatic hydroxyl groups is 2. The average molecular weight is 614 g/mol. The predicted octanol–water partition coefficient (Wildman–Crippen LogP) is 1.25. The molecule has 3 unspecified atom stereocenters. The monoisotopic (exact) mass is 614 g/mol. The second-order valence-electron chi connectivity index (χ2n) is 8.85. The second-order valence-corrected chi connectivity index (χ2v) is 10.0. The highest BCUT2D eigenvalue weighted by molar-refractivity contribution is 14.1. The SMILES string of the molecule is CCC(=O)C(=O)N(CC1CC1)C1CC(C(=O)NCCO)=CC(Oc2c(I)cc(C=O)cc2OC)C1O. The van der Waals surface area contributed by atoms with E-state index in [0.29, 0.717) is 22.0 Å². The minimum atomic E-state index is -1.25. The number of carbonyl (C=O) groups excluding carboxylic acids is 4. The first-order chi connectivity index (χ1) is 17.2. The second kappa shape index (κ2) is 12.6. The molecule has 0 aliphatic heterocycles. The molecule has 36 heavy (non-hydrogen) atoms. The van der Waals surface area contributed by atoms with E-state index < -0.39 is 35.8 Å². The van der Waals surface area contributed by atoms with Crippen LogP contribution in [0.1, 0.15) is 43.0 Å². The lowest BCUT2D eigenvalue weighted by Crippen LogP contribution is -2.56. The lowest BCUT2D eigenvalue weighted by molar-refractivity contribution is -0.149. The molecule has 2 aliphatic carbocycles. The van der Waals surface area contributed by atoms with Gasteiger partial charge in [-0.15, -0.1) is 0 Å². The summed E-state index contributed by atoms with van der Waals surface area (Å²) in [6.07, 6.45) is 1.74. The molecule has 0 spiro atoms. The van der Waals surface area contributed by atoms with Crippen LogP contribution in [-0.4, -0.2) is 84.1 Å². The molecule has 1 saturated carbocycles. The van der Waals surface area contributed by atoms with Crippen LogP contribution < -0.4 is 14.8 Å².